The first kappa shape index (κ1) is 37.3. The zero-order chi connectivity index (χ0) is 42.4. The molecular formula is C62H42N2. The molecule has 0 spiro atoms. The summed E-state index contributed by atoms with van der Waals surface area (Å²) in [7, 11) is 0. The van der Waals surface area contributed by atoms with E-state index in [1.54, 1.807) is 0 Å². The lowest BCUT2D eigenvalue weighted by atomic mass is 9.90. The fourth-order valence-electron chi connectivity index (χ4n) is 9.89. The van der Waals surface area contributed by atoms with E-state index in [1.807, 2.05) is 0 Å². The number of rotatable bonds is 8. The molecule has 0 aliphatic carbocycles. The van der Waals surface area contributed by atoms with Gasteiger partial charge in [0.05, 0.1) is 22.4 Å². The molecule has 12 aromatic rings. The summed E-state index contributed by atoms with van der Waals surface area (Å²) in [4.78, 5) is 2.48. The van der Waals surface area contributed by atoms with Crippen molar-refractivity contribution >= 4 is 60.4 Å². The second-order valence-corrected chi connectivity index (χ2v) is 16.4. The number of para-hydroxylation sites is 3. The molecule has 1 aromatic heterocycles. The molecule has 0 N–H and O–H groups in total. The van der Waals surface area contributed by atoms with Crippen LogP contribution in [0.5, 0.6) is 0 Å². The number of hydrogen-bond acceptors (Lipinski definition) is 1. The summed E-state index contributed by atoms with van der Waals surface area (Å²) >= 11 is 0. The number of fused-ring (bicyclic) bond motifs is 5. The molecule has 0 atom stereocenters. The van der Waals surface area contributed by atoms with E-state index in [1.165, 1.54) is 76.8 Å². The number of hydrogen-bond donors (Lipinski definition) is 0. The van der Waals surface area contributed by atoms with Crippen molar-refractivity contribution in [2.75, 3.05) is 4.90 Å². The van der Waals surface area contributed by atoms with Crippen LogP contribution in [0.3, 0.4) is 0 Å². The van der Waals surface area contributed by atoms with Crippen molar-refractivity contribution in [3.8, 4) is 50.2 Å². The zero-order valence-corrected chi connectivity index (χ0v) is 35.1. The van der Waals surface area contributed by atoms with Gasteiger partial charge in [0.25, 0.3) is 0 Å². The van der Waals surface area contributed by atoms with Crippen LogP contribution in [0.2, 0.25) is 0 Å². The second-order valence-electron chi connectivity index (χ2n) is 16.4. The lowest BCUT2D eigenvalue weighted by molar-refractivity contribution is 1.18. The third kappa shape index (κ3) is 6.35. The van der Waals surface area contributed by atoms with Crippen molar-refractivity contribution < 1.29 is 0 Å². The number of anilines is 3. The summed E-state index contributed by atoms with van der Waals surface area (Å²) in [5.74, 6) is 0. The van der Waals surface area contributed by atoms with Crippen molar-refractivity contribution in [3.05, 3.63) is 255 Å². The average Bonchev–Trinajstić information content (AvgIpc) is 3.72. The highest BCUT2D eigenvalue weighted by atomic mass is 15.2. The topological polar surface area (TPSA) is 8.17 Å². The lowest BCUT2D eigenvalue weighted by Gasteiger charge is -2.29. The maximum absolute atomic E-state index is 2.48. The molecule has 300 valence electrons. The maximum atomic E-state index is 2.48. The third-order valence-corrected chi connectivity index (χ3v) is 12.8. The summed E-state index contributed by atoms with van der Waals surface area (Å²) in [6, 6.07) is 92.7. The molecule has 2 nitrogen and oxygen atoms in total. The van der Waals surface area contributed by atoms with Gasteiger partial charge in [-0.2, -0.15) is 0 Å². The molecule has 1 heterocycles. The highest BCUT2D eigenvalue weighted by Crippen LogP contribution is 2.48. The largest absolute Gasteiger partial charge is 0.309 e. The Labute approximate surface area is 373 Å². The predicted molar refractivity (Wildman–Crippen MR) is 272 cm³/mol. The fourth-order valence-corrected chi connectivity index (χ4v) is 9.89. The Balaban J connectivity index is 1.06. The lowest BCUT2D eigenvalue weighted by Crippen LogP contribution is -2.12. The van der Waals surface area contributed by atoms with Crippen LogP contribution >= 0.6 is 0 Å². The Morgan fingerprint density at radius 3 is 1.55 bits per heavy atom. The molecule has 0 aliphatic heterocycles. The Morgan fingerprint density at radius 2 is 0.766 bits per heavy atom. The molecule has 0 radical (unpaired) electrons. The van der Waals surface area contributed by atoms with Crippen molar-refractivity contribution in [3.63, 3.8) is 0 Å². The average molecular weight is 815 g/mol. The van der Waals surface area contributed by atoms with Crippen molar-refractivity contribution in [1.29, 1.82) is 0 Å². The summed E-state index contributed by atoms with van der Waals surface area (Å²) in [6.07, 6.45) is 0. The van der Waals surface area contributed by atoms with E-state index in [4.69, 9.17) is 0 Å². The van der Waals surface area contributed by atoms with Gasteiger partial charge in [0.1, 0.15) is 0 Å². The van der Waals surface area contributed by atoms with Crippen molar-refractivity contribution in [2.45, 2.75) is 0 Å². The first-order valence-electron chi connectivity index (χ1n) is 22.0. The van der Waals surface area contributed by atoms with E-state index < -0.39 is 0 Å². The van der Waals surface area contributed by atoms with E-state index in [2.05, 4.69) is 264 Å². The molecule has 2 heteroatoms. The minimum Gasteiger partial charge on any atom is -0.309 e. The minimum atomic E-state index is 1.08. The van der Waals surface area contributed by atoms with Gasteiger partial charge in [-0.15, -0.1) is 0 Å². The van der Waals surface area contributed by atoms with Crippen LogP contribution in [0.1, 0.15) is 0 Å². The number of aromatic nitrogens is 1. The molecule has 0 unspecified atom stereocenters. The van der Waals surface area contributed by atoms with Gasteiger partial charge in [0, 0.05) is 27.7 Å². The third-order valence-electron chi connectivity index (χ3n) is 12.8. The summed E-state index contributed by atoms with van der Waals surface area (Å²) in [5.41, 5.74) is 16.4. The van der Waals surface area contributed by atoms with Crippen LogP contribution in [-0.4, -0.2) is 4.57 Å². The Kier molecular flexibility index (Phi) is 9.20. The first-order valence-corrected chi connectivity index (χ1v) is 22.0. The van der Waals surface area contributed by atoms with Crippen LogP contribution in [0, 0.1) is 0 Å². The van der Waals surface area contributed by atoms with E-state index in [0.717, 1.165) is 33.8 Å². The van der Waals surface area contributed by atoms with Crippen molar-refractivity contribution in [2.24, 2.45) is 0 Å². The standard InChI is InChI=1S/C62H42N2/c1-3-17-46(18-4-1)53-29-14-21-48-22-15-30-55(61(48)53)54-26-9-11-31-57(54)64(60-34-16-33-59-62(60)56-27-10-12-32-58(56)63(59)49-23-5-2-6-24-49)50-41-39-44(40-42-50)43-35-37-47(38-36-43)52-28-13-20-45-19-7-8-25-51(45)52/h1-42H. The smallest absolute Gasteiger partial charge is 0.0562 e. The molecular weight excluding hydrogens is 773 g/mol. The molecule has 0 saturated carbocycles. The van der Waals surface area contributed by atoms with Gasteiger partial charge in [-0.3, -0.25) is 0 Å². The van der Waals surface area contributed by atoms with E-state index >= 15 is 0 Å². The van der Waals surface area contributed by atoms with Crippen LogP contribution in [0.4, 0.5) is 17.1 Å². The van der Waals surface area contributed by atoms with E-state index in [0.29, 0.717) is 0 Å². The highest BCUT2D eigenvalue weighted by molar-refractivity contribution is 6.17. The Bertz CT molecular complexity index is 3630. The fraction of sp³-hybridized carbons (Fsp3) is 0. The van der Waals surface area contributed by atoms with Crippen molar-refractivity contribution in [1.82, 2.24) is 4.57 Å². The van der Waals surface area contributed by atoms with Gasteiger partial charge in [-0.05, 0) is 109 Å². The predicted octanol–water partition coefficient (Wildman–Crippen LogP) is 17.2. The highest BCUT2D eigenvalue weighted by Gasteiger charge is 2.24. The molecule has 11 aromatic carbocycles. The second kappa shape index (κ2) is 15.8. The van der Waals surface area contributed by atoms with E-state index in [9.17, 15) is 0 Å². The normalized spacial score (nSPS) is 11.4. The molecule has 0 aliphatic rings. The van der Waals surface area contributed by atoms with Gasteiger partial charge in [-0.1, -0.05) is 206 Å². The molecule has 0 fully saturated rings. The van der Waals surface area contributed by atoms with Gasteiger partial charge >= 0.3 is 0 Å². The number of benzene rings is 11. The molecule has 0 bridgehead atoms. The van der Waals surface area contributed by atoms with E-state index in [-0.39, 0.29) is 0 Å². The van der Waals surface area contributed by atoms with Crippen LogP contribution in [-0.2, 0) is 0 Å². The maximum Gasteiger partial charge on any atom is 0.0562 e. The van der Waals surface area contributed by atoms with Crippen LogP contribution < -0.4 is 4.90 Å². The molecule has 12 rings (SSSR count). The van der Waals surface area contributed by atoms with Gasteiger partial charge in [-0.25, -0.2) is 0 Å². The molecule has 64 heavy (non-hydrogen) atoms. The monoisotopic (exact) mass is 814 g/mol. The van der Waals surface area contributed by atoms with Crippen LogP contribution in [0.25, 0.3) is 93.5 Å². The summed E-state index contributed by atoms with van der Waals surface area (Å²) in [6.45, 7) is 0. The quantitative estimate of drug-likeness (QED) is 0.148. The summed E-state index contributed by atoms with van der Waals surface area (Å²) in [5, 5.41) is 7.38. The van der Waals surface area contributed by atoms with Gasteiger partial charge in [0.15, 0.2) is 0 Å². The van der Waals surface area contributed by atoms with Gasteiger partial charge in [0.2, 0.25) is 0 Å². The molecule has 0 saturated heterocycles. The first-order chi connectivity index (χ1) is 31.8. The SMILES string of the molecule is c1ccc(-c2cccc3cccc(-c4ccccc4N(c4ccc(-c5ccc(-c6cccc7ccccc67)cc5)cc4)c4cccc5c4c4ccccc4n5-c4ccccc4)c23)cc1. The zero-order valence-electron chi connectivity index (χ0n) is 35.1. The van der Waals surface area contributed by atoms with Gasteiger partial charge < -0.3 is 9.47 Å². The minimum absolute atomic E-state index is 1.08. The Morgan fingerprint density at radius 1 is 0.266 bits per heavy atom. The number of nitrogens with zero attached hydrogens (tertiary/aromatic N) is 2. The van der Waals surface area contributed by atoms with Crippen LogP contribution in [0.15, 0.2) is 255 Å². The molecule has 0 amide bonds. The Hall–Kier alpha value is -8.46. The summed E-state index contributed by atoms with van der Waals surface area (Å²) < 4.78 is 2.40.